The average Bonchev–Trinajstić information content (AvgIpc) is 2.85. The minimum Gasteiger partial charge on any atom is -0.306 e. The molecule has 0 aliphatic heterocycles. The lowest BCUT2D eigenvalue weighted by atomic mass is 10.0. The Bertz CT molecular complexity index is 507. The average molecular weight is 264 g/mol. The minimum atomic E-state index is 0.101. The highest BCUT2D eigenvalue weighted by molar-refractivity contribution is 6.31. The number of rotatable bonds is 5. The molecular formula is C14H18ClN3. The summed E-state index contributed by atoms with van der Waals surface area (Å²) in [7, 11) is 0. The lowest BCUT2D eigenvalue weighted by Gasteiger charge is -2.18. The van der Waals surface area contributed by atoms with E-state index in [1.807, 2.05) is 29.1 Å². The van der Waals surface area contributed by atoms with Gasteiger partial charge in [0.1, 0.15) is 0 Å². The van der Waals surface area contributed by atoms with Crippen LogP contribution in [0.3, 0.4) is 0 Å². The maximum Gasteiger partial charge on any atom is 0.0622 e. The lowest BCUT2D eigenvalue weighted by Crippen LogP contribution is -2.21. The molecular weight excluding hydrogens is 246 g/mol. The van der Waals surface area contributed by atoms with Gasteiger partial charge in [-0.2, -0.15) is 5.10 Å². The number of nitrogens with one attached hydrogen (secondary N) is 1. The summed E-state index contributed by atoms with van der Waals surface area (Å²) >= 11 is 6.28. The molecule has 96 valence electrons. The molecule has 18 heavy (non-hydrogen) atoms. The van der Waals surface area contributed by atoms with Crippen LogP contribution in [0, 0.1) is 0 Å². The Labute approximate surface area is 113 Å². The van der Waals surface area contributed by atoms with Crippen molar-refractivity contribution in [2.45, 2.75) is 26.4 Å². The molecule has 0 saturated carbocycles. The number of aromatic nitrogens is 2. The molecule has 0 spiro atoms. The van der Waals surface area contributed by atoms with E-state index in [0.717, 1.165) is 29.2 Å². The largest absolute Gasteiger partial charge is 0.306 e. The van der Waals surface area contributed by atoms with Crippen LogP contribution in [0.4, 0.5) is 0 Å². The van der Waals surface area contributed by atoms with Crippen LogP contribution in [0.2, 0.25) is 5.02 Å². The van der Waals surface area contributed by atoms with E-state index >= 15 is 0 Å². The molecule has 2 rings (SSSR count). The SMILES string of the molecule is CCNC(c1cnn(CC)c1)c1ccccc1Cl. The van der Waals surface area contributed by atoms with E-state index in [4.69, 9.17) is 11.6 Å². The second kappa shape index (κ2) is 6.03. The number of nitrogens with zero attached hydrogens (tertiary/aromatic N) is 2. The van der Waals surface area contributed by atoms with Gasteiger partial charge in [-0.05, 0) is 25.1 Å². The molecule has 0 radical (unpaired) electrons. The van der Waals surface area contributed by atoms with Gasteiger partial charge in [0.25, 0.3) is 0 Å². The lowest BCUT2D eigenvalue weighted by molar-refractivity contribution is 0.625. The van der Waals surface area contributed by atoms with Gasteiger partial charge in [-0.15, -0.1) is 0 Å². The molecule has 1 unspecified atom stereocenters. The zero-order chi connectivity index (χ0) is 13.0. The fraction of sp³-hybridized carbons (Fsp3) is 0.357. The maximum atomic E-state index is 6.28. The highest BCUT2D eigenvalue weighted by Gasteiger charge is 2.17. The Hall–Kier alpha value is -1.32. The molecule has 0 aliphatic rings. The van der Waals surface area contributed by atoms with Crippen molar-refractivity contribution < 1.29 is 0 Å². The van der Waals surface area contributed by atoms with Crippen LogP contribution in [0.15, 0.2) is 36.7 Å². The van der Waals surface area contributed by atoms with Crippen molar-refractivity contribution in [3.05, 3.63) is 52.8 Å². The van der Waals surface area contributed by atoms with Crippen LogP contribution in [-0.4, -0.2) is 16.3 Å². The molecule has 0 bridgehead atoms. The predicted molar refractivity (Wildman–Crippen MR) is 74.9 cm³/mol. The summed E-state index contributed by atoms with van der Waals surface area (Å²) in [6, 6.07) is 8.04. The monoisotopic (exact) mass is 263 g/mol. The van der Waals surface area contributed by atoms with Crippen LogP contribution < -0.4 is 5.32 Å². The molecule has 0 saturated heterocycles. The number of aryl methyl sites for hydroxylation is 1. The Morgan fingerprint density at radius 3 is 2.72 bits per heavy atom. The smallest absolute Gasteiger partial charge is 0.0622 e. The van der Waals surface area contributed by atoms with Crippen molar-refractivity contribution in [2.24, 2.45) is 0 Å². The first-order chi connectivity index (χ1) is 8.76. The number of hydrogen-bond acceptors (Lipinski definition) is 2. The van der Waals surface area contributed by atoms with Crippen LogP contribution in [0.5, 0.6) is 0 Å². The van der Waals surface area contributed by atoms with Crippen molar-refractivity contribution in [2.75, 3.05) is 6.54 Å². The van der Waals surface area contributed by atoms with Gasteiger partial charge in [0.05, 0.1) is 12.2 Å². The molecule has 1 N–H and O–H groups in total. The van der Waals surface area contributed by atoms with Crippen LogP contribution >= 0.6 is 11.6 Å². The third-order valence-electron chi connectivity index (χ3n) is 2.94. The summed E-state index contributed by atoms with van der Waals surface area (Å²) in [6.07, 6.45) is 3.97. The summed E-state index contributed by atoms with van der Waals surface area (Å²) in [4.78, 5) is 0. The van der Waals surface area contributed by atoms with Gasteiger partial charge < -0.3 is 5.32 Å². The highest BCUT2D eigenvalue weighted by atomic mass is 35.5. The molecule has 1 aromatic heterocycles. The zero-order valence-corrected chi connectivity index (χ0v) is 11.5. The van der Waals surface area contributed by atoms with Gasteiger partial charge in [0.2, 0.25) is 0 Å². The van der Waals surface area contributed by atoms with Crippen molar-refractivity contribution >= 4 is 11.6 Å². The molecule has 0 fully saturated rings. The van der Waals surface area contributed by atoms with Gasteiger partial charge >= 0.3 is 0 Å². The second-order valence-electron chi connectivity index (χ2n) is 4.14. The summed E-state index contributed by atoms with van der Waals surface area (Å²) in [6.45, 7) is 5.93. The van der Waals surface area contributed by atoms with Crippen LogP contribution in [0.1, 0.15) is 31.0 Å². The molecule has 3 nitrogen and oxygen atoms in total. The first kappa shape index (κ1) is 13.1. The summed E-state index contributed by atoms with van der Waals surface area (Å²) in [5.74, 6) is 0. The molecule has 2 aromatic rings. The standard InChI is InChI=1S/C14H18ClN3/c1-3-16-14(11-9-17-18(4-2)10-11)12-7-5-6-8-13(12)15/h5-10,14,16H,3-4H2,1-2H3. The highest BCUT2D eigenvalue weighted by Crippen LogP contribution is 2.27. The summed E-state index contributed by atoms with van der Waals surface area (Å²) < 4.78 is 1.93. The van der Waals surface area contributed by atoms with E-state index < -0.39 is 0 Å². The fourth-order valence-electron chi connectivity index (χ4n) is 2.02. The normalized spacial score (nSPS) is 12.6. The number of hydrogen-bond donors (Lipinski definition) is 1. The fourth-order valence-corrected chi connectivity index (χ4v) is 2.27. The van der Waals surface area contributed by atoms with Crippen molar-refractivity contribution in [3.63, 3.8) is 0 Å². The van der Waals surface area contributed by atoms with Crippen molar-refractivity contribution in [1.82, 2.24) is 15.1 Å². The third kappa shape index (κ3) is 2.74. The van der Waals surface area contributed by atoms with Crippen LogP contribution in [0.25, 0.3) is 0 Å². The Morgan fingerprint density at radius 1 is 1.33 bits per heavy atom. The molecule has 1 atom stereocenters. The molecule has 0 amide bonds. The molecule has 1 aromatic carbocycles. The van der Waals surface area contributed by atoms with E-state index in [1.165, 1.54) is 0 Å². The van der Waals surface area contributed by atoms with E-state index in [1.54, 1.807) is 0 Å². The molecule has 1 heterocycles. The van der Waals surface area contributed by atoms with E-state index in [9.17, 15) is 0 Å². The van der Waals surface area contributed by atoms with Crippen molar-refractivity contribution in [3.8, 4) is 0 Å². The minimum absolute atomic E-state index is 0.101. The topological polar surface area (TPSA) is 29.9 Å². The van der Waals surface area contributed by atoms with Gasteiger partial charge in [0.15, 0.2) is 0 Å². The number of halogens is 1. The summed E-state index contributed by atoms with van der Waals surface area (Å²) in [5, 5.41) is 8.57. The van der Waals surface area contributed by atoms with Gasteiger partial charge in [-0.3, -0.25) is 4.68 Å². The van der Waals surface area contributed by atoms with E-state index in [-0.39, 0.29) is 6.04 Å². The molecule has 0 aliphatic carbocycles. The number of benzene rings is 1. The van der Waals surface area contributed by atoms with Gasteiger partial charge in [-0.25, -0.2) is 0 Å². The second-order valence-corrected chi connectivity index (χ2v) is 4.55. The Morgan fingerprint density at radius 2 is 2.11 bits per heavy atom. The quantitative estimate of drug-likeness (QED) is 0.897. The van der Waals surface area contributed by atoms with E-state index in [2.05, 4.69) is 36.5 Å². The molecule has 4 heteroatoms. The van der Waals surface area contributed by atoms with Crippen LogP contribution in [-0.2, 0) is 6.54 Å². The summed E-state index contributed by atoms with van der Waals surface area (Å²) in [5.41, 5.74) is 2.24. The first-order valence-electron chi connectivity index (χ1n) is 6.26. The zero-order valence-electron chi connectivity index (χ0n) is 10.7. The third-order valence-corrected chi connectivity index (χ3v) is 3.28. The van der Waals surface area contributed by atoms with Crippen molar-refractivity contribution in [1.29, 1.82) is 0 Å². The van der Waals surface area contributed by atoms with Gasteiger partial charge in [-0.1, -0.05) is 36.7 Å². The first-order valence-corrected chi connectivity index (χ1v) is 6.64. The Kier molecular flexibility index (Phi) is 4.39. The predicted octanol–water partition coefficient (Wildman–Crippen LogP) is 3.26. The maximum absolute atomic E-state index is 6.28. The van der Waals surface area contributed by atoms with E-state index in [0.29, 0.717) is 0 Å². The Balaban J connectivity index is 2.36. The van der Waals surface area contributed by atoms with Gasteiger partial charge in [0, 0.05) is 23.3 Å².